The molecule has 2 aliphatic carbocycles. The van der Waals surface area contributed by atoms with Crippen molar-refractivity contribution in [3.8, 4) is 0 Å². The maximum absolute atomic E-state index is 13.8. The fourth-order valence-corrected chi connectivity index (χ4v) is 8.74. The lowest BCUT2D eigenvalue weighted by molar-refractivity contribution is -0.321. The number of carbonyl (C=O) groups excluding carboxylic acids is 5. The lowest BCUT2D eigenvalue weighted by atomic mass is 9.67. The molecule has 23 nitrogen and oxygen atoms in total. The summed E-state index contributed by atoms with van der Waals surface area (Å²) in [5.41, 5.74) is 0.639. The molecule has 2 saturated carbocycles. The third kappa shape index (κ3) is 16.1. The first-order valence-electron chi connectivity index (χ1n) is 23.3. The molecule has 23 heteroatoms. The van der Waals surface area contributed by atoms with Crippen LogP contribution in [0.15, 0.2) is 0 Å². The molecule has 392 valence electrons. The Morgan fingerprint density at radius 1 is 0.721 bits per heavy atom. The smallest absolute Gasteiger partial charge is 0.410 e. The number of amides is 5. The predicted octanol–water partition coefficient (Wildman–Crippen LogP) is 1.48. The molecule has 10 N–H and O–H groups in total. The number of hydrogen-bond donors (Lipinski definition) is 9. The van der Waals surface area contributed by atoms with Crippen molar-refractivity contribution in [1.29, 1.82) is 0 Å². The summed E-state index contributed by atoms with van der Waals surface area (Å²) >= 11 is 0. The predicted molar refractivity (Wildman–Crippen MR) is 242 cm³/mol. The molecule has 0 radical (unpaired) electrons. The highest BCUT2D eigenvalue weighted by atomic mass is 16.7. The van der Waals surface area contributed by atoms with E-state index in [1.54, 1.807) is 83.1 Å². The molecule has 4 fully saturated rings. The number of fused-ring (bicyclic) bond motifs is 1. The van der Waals surface area contributed by atoms with Crippen LogP contribution < -0.4 is 27.0 Å². The maximum atomic E-state index is 13.8. The van der Waals surface area contributed by atoms with Crippen molar-refractivity contribution in [3.63, 3.8) is 0 Å². The molecule has 68 heavy (non-hydrogen) atoms. The largest absolute Gasteiger partial charge is 0.444 e. The van der Waals surface area contributed by atoms with Crippen LogP contribution in [0.5, 0.6) is 0 Å². The first kappa shape index (κ1) is 56.8. The molecular formula is C45H80N6O17. The number of rotatable bonds is 13. The molecular weight excluding hydrogens is 897 g/mol. The van der Waals surface area contributed by atoms with Crippen LogP contribution >= 0.6 is 0 Å². The van der Waals surface area contributed by atoms with Gasteiger partial charge in [0.05, 0.1) is 36.9 Å². The Bertz CT molecular complexity index is 1740. The molecule has 2 heterocycles. The molecule has 4 aliphatic rings. The Morgan fingerprint density at radius 2 is 1.22 bits per heavy atom. The van der Waals surface area contributed by atoms with Crippen LogP contribution in [0.4, 0.5) is 19.2 Å². The van der Waals surface area contributed by atoms with Gasteiger partial charge in [-0.15, -0.1) is 0 Å². The Morgan fingerprint density at radius 3 is 1.75 bits per heavy atom. The number of ether oxygens (including phenoxy) is 8. The van der Waals surface area contributed by atoms with Crippen LogP contribution in [0, 0.1) is 11.8 Å². The second-order valence-corrected chi connectivity index (χ2v) is 22.5. The molecule has 4 rings (SSSR count). The monoisotopic (exact) mass is 977 g/mol. The van der Waals surface area contributed by atoms with Gasteiger partial charge >= 0.3 is 24.4 Å². The molecule has 15 atom stereocenters. The summed E-state index contributed by atoms with van der Waals surface area (Å²) in [5.74, 6) is -0.990. The third-order valence-corrected chi connectivity index (χ3v) is 11.6. The Balaban J connectivity index is 1.73. The highest BCUT2D eigenvalue weighted by Gasteiger charge is 2.56. The van der Waals surface area contributed by atoms with Crippen molar-refractivity contribution in [2.45, 2.75) is 217 Å². The van der Waals surface area contributed by atoms with Crippen LogP contribution in [0.3, 0.4) is 0 Å². The van der Waals surface area contributed by atoms with Crippen LogP contribution in [-0.4, -0.2) is 184 Å². The van der Waals surface area contributed by atoms with Gasteiger partial charge in [0.2, 0.25) is 5.91 Å². The summed E-state index contributed by atoms with van der Waals surface area (Å²) in [7, 11) is 1.32. The number of nitrogens with one attached hydrogen (secondary N) is 4. The van der Waals surface area contributed by atoms with Gasteiger partial charge in [-0.3, -0.25) is 4.79 Å². The second-order valence-electron chi connectivity index (χ2n) is 22.5. The van der Waals surface area contributed by atoms with Gasteiger partial charge in [-0.2, -0.15) is 0 Å². The van der Waals surface area contributed by atoms with Gasteiger partial charge in [0.25, 0.3) is 0 Å². The number of aliphatic hydroxyl groups is 4. The summed E-state index contributed by atoms with van der Waals surface area (Å²) in [5, 5.41) is 57.7. The summed E-state index contributed by atoms with van der Waals surface area (Å²) < 4.78 is 47.3. The van der Waals surface area contributed by atoms with Crippen molar-refractivity contribution in [3.05, 3.63) is 0 Å². The average molecular weight is 977 g/mol. The van der Waals surface area contributed by atoms with E-state index in [-0.39, 0.29) is 37.3 Å². The molecule has 0 aromatic heterocycles. The number of likely N-dealkylation sites (N-methyl/N-ethyl adjacent to an activating group) is 1. The Labute approximate surface area is 399 Å². The summed E-state index contributed by atoms with van der Waals surface area (Å²) in [6, 6.07) is -4.77. The number of nitrogens with two attached hydrogens (primary N) is 1. The van der Waals surface area contributed by atoms with Crippen molar-refractivity contribution < 1.29 is 82.3 Å². The fourth-order valence-electron chi connectivity index (χ4n) is 8.74. The summed E-state index contributed by atoms with van der Waals surface area (Å²) in [4.78, 5) is 67.1. The van der Waals surface area contributed by atoms with E-state index in [2.05, 4.69) is 21.3 Å². The molecule has 0 aromatic carbocycles. The van der Waals surface area contributed by atoms with Gasteiger partial charge in [0.1, 0.15) is 58.5 Å². The number of carbonyl (C=O) groups is 5. The Hall–Kier alpha value is -3.81. The minimum Gasteiger partial charge on any atom is -0.444 e. The van der Waals surface area contributed by atoms with Gasteiger partial charge in [-0.1, -0.05) is 0 Å². The van der Waals surface area contributed by atoms with E-state index in [9.17, 15) is 44.4 Å². The van der Waals surface area contributed by atoms with Gasteiger partial charge in [-0.25, -0.2) is 19.2 Å². The maximum Gasteiger partial charge on any atom is 0.410 e. The lowest BCUT2D eigenvalue weighted by Crippen LogP contribution is -2.71. The lowest BCUT2D eigenvalue weighted by Gasteiger charge is -2.54. The number of alkyl carbamates (subject to hydrolysis) is 3. The van der Waals surface area contributed by atoms with Crippen molar-refractivity contribution in [2.24, 2.45) is 17.6 Å². The minimum absolute atomic E-state index is 0.00523. The van der Waals surface area contributed by atoms with E-state index in [1.807, 2.05) is 0 Å². The molecule has 0 aromatic rings. The van der Waals surface area contributed by atoms with Gasteiger partial charge in [0, 0.05) is 13.6 Å². The quantitative estimate of drug-likeness (QED) is 0.118. The fraction of sp³-hybridized carbons (Fsp3) is 0.889. The van der Waals surface area contributed by atoms with E-state index in [1.165, 1.54) is 14.0 Å². The van der Waals surface area contributed by atoms with Gasteiger partial charge < -0.3 is 90.2 Å². The van der Waals surface area contributed by atoms with Crippen molar-refractivity contribution in [1.82, 2.24) is 26.2 Å². The van der Waals surface area contributed by atoms with Crippen LogP contribution in [-0.2, 0) is 42.7 Å². The van der Waals surface area contributed by atoms with E-state index in [0.29, 0.717) is 13.0 Å². The van der Waals surface area contributed by atoms with Gasteiger partial charge in [0.15, 0.2) is 12.6 Å². The summed E-state index contributed by atoms with van der Waals surface area (Å²) in [6.07, 6.45) is -14.6. The molecule has 2 aliphatic heterocycles. The zero-order chi connectivity index (χ0) is 51.5. The normalized spacial score (nSPS) is 33.6. The highest BCUT2D eigenvalue weighted by molar-refractivity contribution is 5.81. The second kappa shape index (κ2) is 22.1. The zero-order valence-electron chi connectivity index (χ0n) is 42.2. The summed E-state index contributed by atoms with van der Waals surface area (Å²) in [6.45, 7) is 21.0. The topological polar surface area (TPSA) is 317 Å². The Kier molecular flexibility index (Phi) is 18.4. The van der Waals surface area contributed by atoms with Crippen LogP contribution in [0.25, 0.3) is 0 Å². The first-order chi connectivity index (χ1) is 31.1. The molecule has 0 spiro atoms. The van der Waals surface area contributed by atoms with E-state index in [4.69, 9.17) is 43.6 Å². The highest BCUT2D eigenvalue weighted by Crippen LogP contribution is 2.45. The minimum atomic E-state index is -1.86. The SMILES string of the molecule is CN(C(=O)OC(C)(C)C)C1C(O)C(OC2C(NC(=O)C(O)CCNC(=O)OC(C)(C)C)CC(NC(=O)OC(C)(C)C)C(OC3O[C@H]4C(CN)CC4CC3NC(=O)OC(C)(C)C)C2O)OCC1(C)O. The molecule has 0 bridgehead atoms. The molecule has 5 amide bonds. The van der Waals surface area contributed by atoms with E-state index < -0.39 is 132 Å². The average Bonchev–Trinajstić information content (AvgIpc) is 3.14. The standard InChI is InChI=1S/C45H80N6O17/c1-41(2,3)65-37(56)47-16-15-27(52)34(55)48-24-19-25(49-38(57)66-42(4,5)6)32(63-35-26(50-39(58)67-43(7,8)9)18-22-17-23(20-46)30(22)62-35)28(53)31(24)64-36-29(54)33(45(13,60)21-61-36)51(14)40(59)68-44(10,11)12/h22-33,35-36,52-54,60H,15-21,46H2,1-14H3,(H,47,56)(H,48,55)(H,49,57)(H,50,58)/t22?,23?,24?,25?,26?,27?,28?,29?,30-,31?,32?,33?,35?,36?,45?/m1/s1. The van der Waals surface area contributed by atoms with Crippen LogP contribution in [0.2, 0.25) is 0 Å². The van der Waals surface area contributed by atoms with Crippen LogP contribution in [0.1, 0.15) is 116 Å². The van der Waals surface area contributed by atoms with E-state index >= 15 is 0 Å². The van der Waals surface area contributed by atoms with E-state index in [0.717, 1.165) is 11.3 Å². The number of aliphatic hydroxyl groups excluding tert-OH is 3. The van der Waals surface area contributed by atoms with Gasteiger partial charge in [-0.05, 0) is 134 Å². The zero-order valence-corrected chi connectivity index (χ0v) is 42.2. The molecule has 14 unspecified atom stereocenters. The number of nitrogens with zero attached hydrogens (tertiary/aromatic N) is 1. The first-order valence-corrected chi connectivity index (χ1v) is 23.3. The number of hydrogen-bond acceptors (Lipinski definition) is 18. The third-order valence-electron chi connectivity index (χ3n) is 11.6. The molecule has 2 saturated heterocycles. The van der Waals surface area contributed by atoms with Crippen molar-refractivity contribution >= 4 is 30.3 Å². The van der Waals surface area contributed by atoms with Crippen molar-refractivity contribution in [2.75, 3.05) is 26.7 Å².